The molecule has 3 rings (SSSR count). The molecule has 2 nitrogen and oxygen atoms in total. The SMILES string of the molecule is CC1(CNc2ccc(-c3ccccc3)cc2)COC1. The number of ether oxygens (including phenoxy) is 1. The van der Waals surface area contributed by atoms with Gasteiger partial charge in [0.25, 0.3) is 0 Å². The van der Waals surface area contributed by atoms with Crippen molar-refractivity contribution in [1.82, 2.24) is 0 Å². The molecule has 0 radical (unpaired) electrons. The van der Waals surface area contributed by atoms with Gasteiger partial charge in [0.05, 0.1) is 13.2 Å². The largest absolute Gasteiger partial charge is 0.384 e. The molecule has 1 N–H and O–H groups in total. The standard InChI is InChI=1S/C17H19NO/c1-17(12-19-13-17)11-18-16-9-7-15(8-10-16)14-5-3-2-4-6-14/h2-10,18H,11-13H2,1H3. The van der Waals surface area contributed by atoms with Gasteiger partial charge in [0, 0.05) is 17.6 Å². The topological polar surface area (TPSA) is 21.3 Å². The van der Waals surface area contributed by atoms with Crippen molar-refractivity contribution in [3.8, 4) is 11.1 Å². The smallest absolute Gasteiger partial charge is 0.0559 e. The number of nitrogens with one attached hydrogen (secondary N) is 1. The van der Waals surface area contributed by atoms with Crippen LogP contribution in [0, 0.1) is 5.41 Å². The molecule has 1 heterocycles. The summed E-state index contributed by atoms with van der Waals surface area (Å²) in [6, 6.07) is 19.1. The summed E-state index contributed by atoms with van der Waals surface area (Å²) in [5, 5.41) is 3.49. The average molecular weight is 253 g/mol. The van der Waals surface area contributed by atoms with Crippen LogP contribution in [0.1, 0.15) is 6.92 Å². The van der Waals surface area contributed by atoms with Crippen molar-refractivity contribution in [2.45, 2.75) is 6.92 Å². The molecule has 1 aliphatic rings. The molecule has 1 fully saturated rings. The molecule has 0 unspecified atom stereocenters. The van der Waals surface area contributed by atoms with Gasteiger partial charge in [-0.2, -0.15) is 0 Å². The van der Waals surface area contributed by atoms with Gasteiger partial charge in [0.15, 0.2) is 0 Å². The third-order valence-electron chi connectivity index (χ3n) is 3.61. The van der Waals surface area contributed by atoms with Crippen LogP contribution in [0.5, 0.6) is 0 Å². The van der Waals surface area contributed by atoms with E-state index in [0.29, 0.717) is 5.41 Å². The maximum absolute atomic E-state index is 5.26. The van der Waals surface area contributed by atoms with Crippen LogP contribution in [0.2, 0.25) is 0 Å². The number of anilines is 1. The van der Waals surface area contributed by atoms with E-state index in [2.05, 4.69) is 60.8 Å². The molecule has 0 bridgehead atoms. The Morgan fingerprint density at radius 2 is 1.58 bits per heavy atom. The highest BCUT2D eigenvalue weighted by Crippen LogP contribution is 2.27. The normalized spacial score (nSPS) is 16.7. The van der Waals surface area contributed by atoms with Crippen molar-refractivity contribution in [3.05, 3.63) is 54.6 Å². The summed E-state index contributed by atoms with van der Waals surface area (Å²) in [6.07, 6.45) is 0. The van der Waals surface area contributed by atoms with Crippen molar-refractivity contribution >= 4 is 5.69 Å². The van der Waals surface area contributed by atoms with E-state index in [1.54, 1.807) is 0 Å². The van der Waals surface area contributed by atoms with Crippen molar-refractivity contribution in [2.75, 3.05) is 25.1 Å². The fraction of sp³-hybridized carbons (Fsp3) is 0.294. The molecule has 2 aromatic rings. The number of benzene rings is 2. The Hall–Kier alpha value is -1.80. The van der Waals surface area contributed by atoms with E-state index in [-0.39, 0.29) is 0 Å². The first kappa shape index (κ1) is 12.2. The van der Waals surface area contributed by atoms with Crippen LogP contribution in [0.15, 0.2) is 54.6 Å². The van der Waals surface area contributed by atoms with Crippen molar-refractivity contribution in [2.24, 2.45) is 5.41 Å². The lowest BCUT2D eigenvalue weighted by molar-refractivity contribution is -0.0924. The summed E-state index contributed by atoms with van der Waals surface area (Å²) in [4.78, 5) is 0. The third kappa shape index (κ3) is 2.79. The fourth-order valence-electron chi connectivity index (χ4n) is 2.28. The van der Waals surface area contributed by atoms with Gasteiger partial charge in [-0.15, -0.1) is 0 Å². The van der Waals surface area contributed by atoms with Gasteiger partial charge < -0.3 is 10.1 Å². The molecule has 2 aromatic carbocycles. The lowest BCUT2D eigenvalue weighted by Gasteiger charge is -2.38. The Morgan fingerprint density at radius 3 is 2.16 bits per heavy atom. The second kappa shape index (κ2) is 5.06. The number of hydrogen-bond acceptors (Lipinski definition) is 2. The van der Waals surface area contributed by atoms with Crippen molar-refractivity contribution in [3.63, 3.8) is 0 Å². The molecule has 19 heavy (non-hydrogen) atoms. The van der Waals surface area contributed by atoms with Crippen LogP contribution in [0.3, 0.4) is 0 Å². The highest BCUT2D eigenvalue weighted by Gasteiger charge is 2.32. The predicted molar refractivity (Wildman–Crippen MR) is 79.3 cm³/mol. The van der Waals surface area contributed by atoms with Crippen LogP contribution in [-0.2, 0) is 4.74 Å². The van der Waals surface area contributed by atoms with Gasteiger partial charge in [-0.3, -0.25) is 0 Å². The first-order chi connectivity index (χ1) is 9.25. The van der Waals surface area contributed by atoms with Gasteiger partial charge >= 0.3 is 0 Å². The fourth-order valence-corrected chi connectivity index (χ4v) is 2.28. The van der Waals surface area contributed by atoms with E-state index in [0.717, 1.165) is 19.8 Å². The van der Waals surface area contributed by atoms with E-state index in [4.69, 9.17) is 4.74 Å². The minimum atomic E-state index is 0.304. The Kier molecular flexibility index (Phi) is 3.26. The van der Waals surface area contributed by atoms with Crippen molar-refractivity contribution < 1.29 is 4.74 Å². The first-order valence-corrected chi connectivity index (χ1v) is 6.72. The zero-order valence-electron chi connectivity index (χ0n) is 11.2. The molecule has 1 saturated heterocycles. The molecular formula is C17H19NO. The van der Waals surface area contributed by atoms with Crippen LogP contribution in [0.4, 0.5) is 5.69 Å². The van der Waals surface area contributed by atoms with Gasteiger partial charge in [0.1, 0.15) is 0 Å². The summed E-state index contributed by atoms with van der Waals surface area (Å²) in [5.74, 6) is 0. The van der Waals surface area contributed by atoms with Crippen LogP contribution < -0.4 is 5.32 Å². The maximum Gasteiger partial charge on any atom is 0.0559 e. The minimum absolute atomic E-state index is 0.304. The molecule has 2 heteroatoms. The highest BCUT2D eigenvalue weighted by atomic mass is 16.5. The minimum Gasteiger partial charge on any atom is -0.384 e. The summed E-state index contributed by atoms with van der Waals surface area (Å²) in [6.45, 7) is 4.95. The Balaban J connectivity index is 1.66. The average Bonchev–Trinajstić information content (AvgIpc) is 2.45. The Morgan fingerprint density at radius 1 is 0.947 bits per heavy atom. The lowest BCUT2D eigenvalue weighted by atomic mass is 9.88. The molecule has 0 aromatic heterocycles. The monoisotopic (exact) mass is 253 g/mol. The molecule has 0 spiro atoms. The van der Waals surface area contributed by atoms with Crippen LogP contribution in [0.25, 0.3) is 11.1 Å². The summed E-state index contributed by atoms with van der Waals surface area (Å²) in [7, 11) is 0. The van der Waals surface area contributed by atoms with Gasteiger partial charge in [-0.05, 0) is 23.3 Å². The van der Waals surface area contributed by atoms with E-state index >= 15 is 0 Å². The number of hydrogen-bond donors (Lipinski definition) is 1. The Labute approximate surface area is 114 Å². The molecule has 0 amide bonds. The summed E-state index contributed by atoms with van der Waals surface area (Å²) in [5.41, 5.74) is 3.99. The zero-order chi connectivity index (χ0) is 13.1. The van der Waals surface area contributed by atoms with Crippen LogP contribution >= 0.6 is 0 Å². The lowest BCUT2D eigenvalue weighted by Crippen LogP contribution is -2.45. The number of rotatable bonds is 4. The molecule has 0 saturated carbocycles. The van der Waals surface area contributed by atoms with Gasteiger partial charge in [0.2, 0.25) is 0 Å². The Bertz CT molecular complexity index is 529. The van der Waals surface area contributed by atoms with E-state index in [1.165, 1.54) is 16.8 Å². The van der Waals surface area contributed by atoms with Crippen molar-refractivity contribution in [1.29, 1.82) is 0 Å². The molecule has 98 valence electrons. The first-order valence-electron chi connectivity index (χ1n) is 6.72. The highest BCUT2D eigenvalue weighted by molar-refractivity contribution is 5.65. The van der Waals surface area contributed by atoms with E-state index in [1.807, 2.05) is 6.07 Å². The van der Waals surface area contributed by atoms with Gasteiger partial charge in [-0.1, -0.05) is 49.4 Å². The van der Waals surface area contributed by atoms with E-state index in [9.17, 15) is 0 Å². The van der Waals surface area contributed by atoms with Gasteiger partial charge in [-0.25, -0.2) is 0 Å². The molecular weight excluding hydrogens is 234 g/mol. The maximum atomic E-state index is 5.26. The quantitative estimate of drug-likeness (QED) is 0.894. The van der Waals surface area contributed by atoms with Crippen LogP contribution in [-0.4, -0.2) is 19.8 Å². The molecule has 1 aliphatic heterocycles. The molecule has 0 atom stereocenters. The third-order valence-corrected chi connectivity index (χ3v) is 3.61. The zero-order valence-corrected chi connectivity index (χ0v) is 11.2. The second-order valence-electron chi connectivity index (χ2n) is 5.60. The summed E-state index contributed by atoms with van der Waals surface area (Å²) < 4.78 is 5.26. The molecule has 0 aliphatic carbocycles. The predicted octanol–water partition coefficient (Wildman–Crippen LogP) is 3.80. The van der Waals surface area contributed by atoms with E-state index < -0.39 is 0 Å². The summed E-state index contributed by atoms with van der Waals surface area (Å²) >= 11 is 0. The second-order valence-corrected chi connectivity index (χ2v) is 5.60.